The maximum Gasteiger partial charge on any atom is 0.248 e. The normalized spacial score (nSPS) is 9.00. The number of hydrogen-bond donors (Lipinski definition) is 1. The van der Waals surface area contributed by atoms with Crippen LogP contribution in [0.15, 0.2) is 35.3 Å². The van der Waals surface area contributed by atoms with Crippen molar-refractivity contribution < 1.29 is 0 Å². The summed E-state index contributed by atoms with van der Waals surface area (Å²) in [4.78, 5) is 13.7. The SMILES string of the molecule is N#CC#Cc1ccc2c[nH]c(=O)cc2c1. The molecule has 70 valence electrons. The summed E-state index contributed by atoms with van der Waals surface area (Å²) in [6, 6.07) is 8.70. The molecule has 0 unspecified atom stereocenters. The van der Waals surface area contributed by atoms with Crippen LogP contribution in [0.25, 0.3) is 10.8 Å². The zero-order chi connectivity index (χ0) is 10.7. The van der Waals surface area contributed by atoms with E-state index in [1.165, 1.54) is 6.07 Å². The van der Waals surface area contributed by atoms with Crippen molar-refractivity contribution >= 4 is 10.8 Å². The minimum atomic E-state index is -0.145. The number of aromatic amines is 1. The average molecular weight is 194 g/mol. The smallest absolute Gasteiger partial charge is 0.248 e. The molecule has 1 N–H and O–H groups in total. The van der Waals surface area contributed by atoms with Gasteiger partial charge in [-0.25, -0.2) is 0 Å². The van der Waals surface area contributed by atoms with E-state index in [4.69, 9.17) is 5.26 Å². The van der Waals surface area contributed by atoms with Gasteiger partial charge in [-0.05, 0) is 22.9 Å². The number of H-pyrrole nitrogens is 1. The molecule has 15 heavy (non-hydrogen) atoms. The predicted molar refractivity (Wildman–Crippen MR) is 57.1 cm³/mol. The molecule has 0 bridgehead atoms. The fraction of sp³-hybridized carbons (Fsp3) is 0. The van der Waals surface area contributed by atoms with Crippen LogP contribution < -0.4 is 5.56 Å². The highest BCUT2D eigenvalue weighted by molar-refractivity contribution is 5.82. The summed E-state index contributed by atoms with van der Waals surface area (Å²) in [5.41, 5.74) is 0.586. The lowest BCUT2D eigenvalue weighted by atomic mass is 10.1. The summed E-state index contributed by atoms with van der Waals surface area (Å²) in [6.45, 7) is 0. The van der Waals surface area contributed by atoms with Gasteiger partial charge >= 0.3 is 0 Å². The van der Waals surface area contributed by atoms with Gasteiger partial charge in [0.15, 0.2) is 6.07 Å². The number of fused-ring (bicyclic) bond motifs is 1. The molecule has 0 aliphatic carbocycles. The van der Waals surface area contributed by atoms with Crippen molar-refractivity contribution in [3.8, 4) is 17.9 Å². The molecule has 0 aliphatic heterocycles. The second-order valence-corrected chi connectivity index (χ2v) is 3.00. The number of nitrogens with one attached hydrogen (secondary N) is 1. The topological polar surface area (TPSA) is 56.6 Å². The molecule has 0 atom stereocenters. The molecule has 1 aromatic carbocycles. The van der Waals surface area contributed by atoms with Gasteiger partial charge in [0.2, 0.25) is 5.56 Å². The molecule has 1 aromatic heterocycles. The van der Waals surface area contributed by atoms with E-state index in [0.717, 1.165) is 16.3 Å². The van der Waals surface area contributed by atoms with Crippen molar-refractivity contribution in [3.05, 3.63) is 46.4 Å². The average Bonchev–Trinajstić information content (AvgIpc) is 2.25. The van der Waals surface area contributed by atoms with Crippen molar-refractivity contribution in [2.75, 3.05) is 0 Å². The van der Waals surface area contributed by atoms with Crippen LogP contribution in [0.3, 0.4) is 0 Å². The molecule has 0 aliphatic rings. The third-order valence-electron chi connectivity index (χ3n) is 2.01. The van der Waals surface area contributed by atoms with E-state index in [0.29, 0.717) is 0 Å². The van der Waals surface area contributed by atoms with Gasteiger partial charge < -0.3 is 4.98 Å². The van der Waals surface area contributed by atoms with E-state index in [9.17, 15) is 4.79 Å². The second kappa shape index (κ2) is 3.69. The maximum absolute atomic E-state index is 11.1. The zero-order valence-electron chi connectivity index (χ0n) is 7.74. The van der Waals surface area contributed by atoms with Crippen LogP contribution in [0, 0.1) is 23.2 Å². The Morgan fingerprint density at radius 3 is 2.87 bits per heavy atom. The lowest BCUT2D eigenvalue weighted by Gasteiger charge is -1.96. The van der Waals surface area contributed by atoms with Crippen molar-refractivity contribution in [2.45, 2.75) is 0 Å². The Balaban J connectivity index is 2.65. The Bertz CT molecular complexity index is 666. The van der Waals surface area contributed by atoms with Gasteiger partial charge in [-0.3, -0.25) is 4.79 Å². The molecule has 0 fully saturated rings. The first kappa shape index (κ1) is 9.05. The first-order valence-electron chi connectivity index (χ1n) is 4.32. The molecule has 0 radical (unpaired) electrons. The Hall–Kier alpha value is -2.52. The number of nitrogens with zero attached hydrogens (tertiary/aromatic N) is 1. The first-order chi connectivity index (χ1) is 7.29. The van der Waals surface area contributed by atoms with Crippen LogP contribution in [0.5, 0.6) is 0 Å². The fourth-order valence-corrected chi connectivity index (χ4v) is 1.34. The monoisotopic (exact) mass is 194 g/mol. The van der Waals surface area contributed by atoms with Crippen molar-refractivity contribution in [1.29, 1.82) is 5.26 Å². The zero-order valence-corrected chi connectivity index (χ0v) is 7.74. The van der Waals surface area contributed by atoms with Crippen molar-refractivity contribution in [2.24, 2.45) is 0 Å². The molecule has 0 saturated carbocycles. The first-order valence-corrected chi connectivity index (χ1v) is 4.32. The van der Waals surface area contributed by atoms with Crippen molar-refractivity contribution in [3.63, 3.8) is 0 Å². The molecule has 3 nitrogen and oxygen atoms in total. The summed E-state index contributed by atoms with van der Waals surface area (Å²) in [6.07, 6.45) is 1.65. The molecule has 2 rings (SSSR count). The fourth-order valence-electron chi connectivity index (χ4n) is 1.34. The minimum absolute atomic E-state index is 0.145. The lowest BCUT2D eigenvalue weighted by molar-refractivity contribution is 1.27. The van der Waals surface area contributed by atoms with Crippen LogP contribution >= 0.6 is 0 Å². The highest BCUT2D eigenvalue weighted by Gasteiger charge is 1.94. The van der Waals surface area contributed by atoms with Gasteiger partial charge in [0.05, 0.1) is 0 Å². The highest BCUT2D eigenvalue weighted by atomic mass is 16.1. The Labute approximate surface area is 86.0 Å². The van der Waals surface area contributed by atoms with Crippen LogP contribution in [0.4, 0.5) is 0 Å². The molecule has 2 aromatic rings. The summed E-state index contributed by atoms with van der Waals surface area (Å²) < 4.78 is 0. The largest absolute Gasteiger partial charge is 0.328 e. The number of hydrogen-bond acceptors (Lipinski definition) is 2. The van der Waals surface area contributed by atoms with Crippen molar-refractivity contribution in [1.82, 2.24) is 4.98 Å². The van der Waals surface area contributed by atoms with E-state index < -0.39 is 0 Å². The standard InChI is InChI=1S/C12H6N2O/c13-5-1-2-9-3-4-10-8-14-12(15)7-11(10)6-9/h3-4,6-8H,(H,14,15). The predicted octanol–water partition coefficient (Wildman–Crippen LogP) is 1.40. The van der Waals surface area contributed by atoms with Gasteiger partial charge in [0.25, 0.3) is 0 Å². The van der Waals surface area contributed by atoms with Crippen LogP contribution in [0.2, 0.25) is 0 Å². The maximum atomic E-state index is 11.1. The number of rotatable bonds is 0. The lowest BCUT2D eigenvalue weighted by Crippen LogP contribution is -2.01. The quantitative estimate of drug-likeness (QED) is 0.644. The van der Waals surface area contributed by atoms with E-state index in [2.05, 4.69) is 16.8 Å². The number of aromatic nitrogens is 1. The molecule has 0 spiro atoms. The minimum Gasteiger partial charge on any atom is -0.328 e. The molecule has 0 saturated heterocycles. The van der Waals surface area contributed by atoms with Gasteiger partial charge in [0.1, 0.15) is 0 Å². The molecule has 1 heterocycles. The Morgan fingerprint density at radius 2 is 2.07 bits per heavy atom. The van der Waals surface area contributed by atoms with Crippen LogP contribution in [-0.2, 0) is 0 Å². The van der Waals surface area contributed by atoms with E-state index >= 15 is 0 Å². The third-order valence-corrected chi connectivity index (χ3v) is 2.01. The van der Waals surface area contributed by atoms with Gasteiger partial charge in [-0.15, -0.1) is 0 Å². The van der Waals surface area contributed by atoms with E-state index in [1.54, 1.807) is 18.3 Å². The van der Waals surface area contributed by atoms with E-state index in [1.807, 2.05) is 12.1 Å². The molecular formula is C12H6N2O. The number of benzene rings is 1. The summed E-state index contributed by atoms with van der Waals surface area (Å²) in [5.74, 6) is 5.00. The summed E-state index contributed by atoms with van der Waals surface area (Å²) >= 11 is 0. The molecular weight excluding hydrogens is 188 g/mol. The Kier molecular flexibility index (Phi) is 2.23. The van der Waals surface area contributed by atoms with Crippen LogP contribution in [0.1, 0.15) is 5.56 Å². The Morgan fingerprint density at radius 1 is 1.20 bits per heavy atom. The second-order valence-electron chi connectivity index (χ2n) is 3.00. The number of pyridine rings is 1. The van der Waals surface area contributed by atoms with Gasteiger partial charge in [-0.2, -0.15) is 5.26 Å². The number of nitriles is 1. The summed E-state index contributed by atoms with van der Waals surface area (Å²) in [7, 11) is 0. The molecule has 0 amide bonds. The van der Waals surface area contributed by atoms with Gasteiger partial charge in [0, 0.05) is 23.7 Å². The highest BCUT2D eigenvalue weighted by Crippen LogP contribution is 2.12. The third kappa shape index (κ3) is 1.87. The van der Waals surface area contributed by atoms with E-state index in [-0.39, 0.29) is 5.56 Å². The summed E-state index contributed by atoms with van der Waals surface area (Å²) in [5, 5.41) is 10.1. The van der Waals surface area contributed by atoms with Gasteiger partial charge in [-0.1, -0.05) is 12.0 Å². The molecule has 3 heteroatoms. The van der Waals surface area contributed by atoms with Crippen LogP contribution in [-0.4, -0.2) is 4.98 Å².